The molecule has 0 aliphatic carbocycles. The first-order valence-corrected chi connectivity index (χ1v) is 12.7. The number of rotatable bonds is 9. The van der Waals surface area contributed by atoms with Crippen molar-refractivity contribution >= 4 is 40.2 Å². The van der Waals surface area contributed by atoms with Gasteiger partial charge in [0.2, 0.25) is 10.0 Å². The van der Waals surface area contributed by atoms with Crippen LogP contribution >= 0.6 is 0 Å². The molecule has 0 spiro atoms. The van der Waals surface area contributed by atoms with E-state index in [2.05, 4.69) is 36.1 Å². The fourth-order valence-electron chi connectivity index (χ4n) is 3.31. The third-order valence-corrected chi connectivity index (χ3v) is 5.61. The Hall–Kier alpha value is -4.45. The van der Waals surface area contributed by atoms with Crippen LogP contribution in [0, 0.1) is 5.82 Å². The van der Waals surface area contributed by atoms with Gasteiger partial charge >= 0.3 is 5.97 Å². The number of nitrogens with one attached hydrogen (secondary N) is 1. The molecular weight excluding hydrogens is 499 g/mol. The number of esters is 1. The molecule has 0 fully saturated rings. The molecule has 1 N–H and O–H groups in total. The number of benzene rings is 1. The Morgan fingerprint density at radius 2 is 1.84 bits per heavy atom. The molecule has 0 atom stereocenters. The maximum Gasteiger partial charge on any atom is 0.337 e. The molecule has 1 aromatic carbocycles. The molecule has 0 aliphatic rings. The van der Waals surface area contributed by atoms with E-state index in [0.29, 0.717) is 28.3 Å². The Labute approximate surface area is 214 Å². The van der Waals surface area contributed by atoms with Crippen molar-refractivity contribution in [2.45, 2.75) is 13.5 Å². The molecule has 37 heavy (non-hydrogen) atoms. The zero-order valence-electron chi connectivity index (χ0n) is 20.4. The van der Waals surface area contributed by atoms with E-state index in [-0.39, 0.29) is 17.9 Å². The summed E-state index contributed by atoms with van der Waals surface area (Å²) in [4.78, 5) is 29.9. The average molecular weight is 525 g/mol. The second kappa shape index (κ2) is 12.0. The molecule has 192 valence electrons. The molecule has 0 amide bonds. The van der Waals surface area contributed by atoms with Gasteiger partial charge in [0, 0.05) is 30.4 Å². The first-order chi connectivity index (χ1) is 17.6. The van der Waals surface area contributed by atoms with Crippen LogP contribution < -0.4 is 9.62 Å². The van der Waals surface area contributed by atoms with E-state index < -0.39 is 21.8 Å². The lowest BCUT2D eigenvalue weighted by atomic mass is 10.1. The summed E-state index contributed by atoms with van der Waals surface area (Å²) in [6, 6.07) is 10.9. The SMILES string of the molecule is C=N/C=C\N=C(/C)N(Cc1ccc(C(=O)OC)cc1F)c1cc(-c2ccnc(NS(C)(=O)=O)c2)ccn1. The zero-order valence-corrected chi connectivity index (χ0v) is 21.2. The Balaban J connectivity index is 2.02. The largest absolute Gasteiger partial charge is 0.465 e. The van der Waals surface area contributed by atoms with Gasteiger partial charge < -0.3 is 9.64 Å². The minimum absolute atomic E-state index is 0.0473. The zero-order chi connectivity index (χ0) is 27.0. The molecule has 2 aromatic heterocycles. The number of nitrogens with zero attached hydrogens (tertiary/aromatic N) is 5. The summed E-state index contributed by atoms with van der Waals surface area (Å²) in [7, 11) is -2.28. The average Bonchev–Trinajstić information content (AvgIpc) is 2.86. The molecule has 12 heteroatoms. The number of hydrogen-bond donors (Lipinski definition) is 1. The number of aliphatic imine (C=N–C) groups is 2. The van der Waals surface area contributed by atoms with Crippen LogP contribution in [0.4, 0.5) is 16.0 Å². The Bertz CT molecular complexity index is 1470. The molecule has 3 aromatic rings. The lowest BCUT2D eigenvalue weighted by molar-refractivity contribution is 0.0600. The number of pyridine rings is 2. The Morgan fingerprint density at radius 1 is 1.14 bits per heavy atom. The van der Waals surface area contributed by atoms with Gasteiger partial charge in [-0.3, -0.25) is 9.71 Å². The van der Waals surface area contributed by atoms with Crippen LogP contribution in [-0.4, -0.2) is 50.3 Å². The number of carbonyl (C=O) groups excluding carboxylic acids is 1. The van der Waals surface area contributed by atoms with Crippen molar-refractivity contribution < 1.29 is 22.3 Å². The van der Waals surface area contributed by atoms with Gasteiger partial charge in [-0.05, 0) is 61.2 Å². The number of carbonyl (C=O) groups is 1. The molecular formula is C25H25FN6O4S. The third-order valence-electron chi connectivity index (χ3n) is 5.03. The lowest BCUT2D eigenvalue weighted by Crippen LogP contribution is -2.29. The Kier molecular flexibility index (Phi) is 8.80. The molecule has 0 bridgehead atoms. The van der Waals surface area contributed by atoms with Crippen LogP contribution in [0.1, 0.15) is 22.8 Å². The standard InChI is InChI=1S/C25H25FN6O4S/c1-17(28-12-11-27-2)32(16-21-6-5-20(13-22(21)26)25(33)36-3)24-15-19(8-10-30-24)18-7-9-29-23(14-18)31-37(4,34)35/h5-15H,2,16H2,1,3-4H3,(H,29,31)/b12-11-,28-17+. The van der Waals surface area contributed by atoms with Crippen molar-refractivity contribution in [3.05, 3.63) is 84.2 Å². The smallest absolute Gasteiger partial charge is 0.337 e. The van der Waals surface area contributed by atoms with Gasteiger partial charge in [0.05, 0.1) is 25.5 Å². The first kappa shape index (κ1) is 27.1. The van der Waals surface area contributed by atoms with E-state index >= 15 is 0 Å². The monoisotopic (exact) mass is 524 g/mol. The molecule has 2 heterocycles. The molecule has 3 rings (SSSR count). The van der Waals surface area contributed by atoms with Crippen LogP contribution in [-0.2, 0) is 21.3 Å². The second-order valence-electron chi connectivity index (χ2n) is 7.75. The molecule has 0 unspecified atom stereocenters. The van der Waals surface area contributed by atoms with Gasteiger partial charge in [0.25, 0.3) is 0 Å². The van der Waals surface area contributed by atoms with Gasteiger partial charge in [0.1, 0.15) is 23.3 Å². The minimum atomic E-state index is -3.50. The summed E-state index contributed by atoms with van der Waals surface area (Å²) < 4.78 is 45.1. The van der Waals surface area contributed by atoms with Gasteiger partial charge in [-0.1, -0.05) is 6.07 Å². The summed E-state index contributed by atoms with van der Waals surface area (Å²) in [6.07, 6.45) is 6.96. The number of anilines is 2. The van der Waals surface area contributed by atoms with Crippen molar-refractivity contribution in [1.29, 1.82) is 0 Å². The van der Waals surface area contributed by atoms with E-state index in [0.717, 1.165) is 12.3 Å². The highest BCUT2D eigenvalue weighted by molar-refractivity contribution is 7.92. The van der Waals surface area contributed by atoms with Crippen molar-refractivity contribution in [3.8, 4) is 11.1 Å². The van der Waals surface area contributed by atoms with Crippen LogP contribution in [0.15, 0.2) is 77.2 Å². The Morgan fingerprint density at radius 3 is 2.49 bits per heavy atom. The van der Waals surface area contributed by atoms with E-state index in [1.165, 1.54) is 37.8 Å². The molecule has 0 radical (unpaired) electrons. The van der Waals surface area contributed by atoms with Crippen LogP contribution in [0.5, 0.6) is 0 Å². The molecule has 0 saturated heterocycles. The predicted octanol–water partition coefficient (Wildman–Crippen LogP) is 4.04. The molecule has 0 saturated carbocycles. The van der Waals surface area contributed by atoms with E-state index in [1.54, 1.807) is 42.3 Å². The van der Waals surface area contributed by atoms with Crippen LogP contribution in [0.2, 0.25) is 0 Å². The van der Waals surface area contributed by atoms with Gasteiger partial charge in [-0.15, -0.1) is 0 Å². The number of methoxy groups -OCH3 is 1. The fraction of sp³-hybridized carbons (Fsp3) is 0.160. The number of hydrogen-bond acceptors (Lipinski definition) is 8. The van der Waals surface area contributed by atoms with E-state index in [4.69, 9.17) is 0 Å². The second-order valence-corrected chi connectivity index (χ2v) is 9.50. The van der Waals surface area contributed by atoms with Crippen molar-refractivity contribution in [2.75, 3.05) is 23.0 Å². The highest BCUT2D eigenvalue weighted by Crippen LogP contribution is 2.26. The number of amidine groups is 1. The third kappa shape index (κ3) is 7.51. The summed E-state index contributed by atoms with van der Waals surface area (Å²) in [6.45, 7) is 5.15. The number of halogens is 1. The molecule has 0 aliphatic heterocycles. The normalized spacial score (nSPS) is 11.8. The molecule has 10 nitrogen and oxygen atoms in total. The minimum Gasteiger partial charge on any atom is -0.465 e. The lowest BCUT2D eigenvalue weighted by Gasteiger charge is -2.24. The van der Waals surface area contributed by atoms with Crippen molar-refractivity contribution in [2.24, 2.45) is 9.98 Å². The van der Waals surface area contributed by atoms with Gasteiger partial charge in [-0.2, -0.15) is 0 Å². The maximum atomic E-state index is 14.9. The maximum absolute atomic E-state index is 14.9. The highest BCUT2D eigenvalue weighted by Gasteiger charge is 2.17. The van der Waals surface area contributed by atoms with E-state index in [9.17, 15) is 17.6 Å². The summed E-state index contributed by atoms with van der Waals surface area (Å²) in [5, 5.41) is 0. The van der Waals surface area contributed by atoms with Crippen LogP contribution in [0.3, 0.4) is 0 Å². The predicted molar refractivity (Wildman–Crippen MR) is 142 cm³/mol. The fourth-order valence-corrected chi connectivity index (χ4v) is 3.80. The first-order valence-electron chi connectivity index (χ1n) is 10.8. The van der Waals surface area contributed by atoms with Gasteiger partial charge in [0.15, 0.2) is 0 Å². The van der Waals surface area contributed by atoms with Crippen LogP contribution in [0.25, 0.3) is 11.1 Å². The highest BCUT2D eigenvalue weighted by atomic mass is 32.2. The van der Waals surface area contributed by atoms with E-state index in [1.807, 2.05) is 0 Å². The number of sulfonamides is 1. The van der Waals surface area contributed by atoms with Crippen molar-refractivity contribution in [3.63, 3.8) is 0 Å². The topological polar surface area (TPSA) is 126 Å². The quantitative estimate of drug-likeness (QED) is 0.254. The number of ether oxygens (including phenoxy) is 1. The summed E-state index contributed by atoms with van der Waals surface area (Å²) in [5.41, 5.74) is 1.79. The summed E-state index contributed by atoms with van der Waals surface area (Å²) >= 11 is 0. The number of aromatic nitrogens is 2. The summed E-state index contributed by atoms with van der Waals surface area (Å²) in [5.74, 6) is -0.133. The van der Waals surface area contributed by atoms with Crippen molar-refractivity contribution in [1.82, 2.24) is 9.97 Å². The van der Waals surface area contributed by atoms with Gasteiger partial charge in [-0.25, -0.2) is 32.6 Å².